The van der Waals surface area contributed by atoms with Crippen LogP contribution in [0.2, 0.25) is 0 Å². The Hall–Kier alpha value is -2.34. The number of rotatable bonds is 5. The Bertz CT molecular complexity index is 830. The molecule has 2 rings (SSSR count). The van der Waals surface area contributed by atoms with Gasteiger partial charge in [0.05, 0.1) is 11.9 Å². The maximum atomic E-state index is 12.5. The summed E-state index contributed by atoms with van der Waals surface area (Å²) in [6, 6.07) is 13.5. The van der Waals surface area contributed by atoms with Gasteiger partial charge in [-0.2, -0.15) is 0 Å². The second-order valence-electron chi connectivity index (χ2n) is 5.93. The van der Waals surface area contributed by atoms with Gasteiger partial charge in [-0.3, -0.25) is 9.10 Å². The number of nitrogens with one attached hydrogen (secondary N) is 1. The van der Waals surface area contributed by atoms with Crippen LogP contribution in [0, 0.1) is 13.8 Å². The van der Waals surface area contributed by atoms with E-state index in [4.69, 9.17) is 0 Å². The van der Waals surface area contributed by atoms with Gasteiger partial charge < -0.3 is 5.32 Å². The average Bonchev–Trinajstić information content (AvgIpc) is 2.48. The molecule has 0 aliphatic carbocycles. The van der Waals surface area contributed by atoms with Gasteiger partial charge in [0.15, 0.2) is 0 Å². The molecule has 0 saturated heterocycles. The van der Waals surface area contributed by atoms with Crippen molar-refractivity contribution in [3.8, 4) is 0 Å². The first-order valence-corrected chi connectivity index (χ1v) is 9.47. The van der Waals surface area contributed by atoms with Crippen molar-refractivity contribution in [3.05, 3.63) is 59.7 Å². The van der Waals surface area contributed by atoms with Crippen molar-refractivity contribution in [3.63, 3.8) is 0 Å². The van der Waals surface area contributed by atoms with E-state index in [0.29, 0.717) is 11.4 Å². The summed E-state index contributed by atoms with van der Waals surface area (Å²) in [4.78, 5) is 12.5. The van der Waals surface area contributed by atoms with Crippen LogP contribution in [-0.4, -0.2) is 26.6 Å². The summed E-state index contributed by atoms with van der Waals surface area (Å²) < 4.78 is 25.6. The van der Waals surface area contributed by atoms with Crippen molar-refractivity contribution in [2.24, 2.45) is 0 Å². The predicted octanol–water partition coefficient (Wildman–Crippen LogP) is 3.10. The molecule has 24 heavy (non-hydrogen) atoms. The Morgan fingerprint density at radius 3 is 2.21 bits per heavy atom. The predicted molar refractivity (Wildman–Crippen MR) is 97.8 cm³/mol. The van der Waals surface area contributed by atoms with E-state index in [2.05, 4.69) is 5.32 Å². The van der Waals surface area contributed by atoms with Gasteiger partial charge in [0, 0.05) is 5.69 Å². The number of benzene rings is 2. The molecule has 0 radical (unpaired) electrons. The summed E-state index contributed by atoms with van der Waals surface area (Å²) in [5.41, 5.74) is 3.14. The lowest BCUT2D eigenvalue weighted by molar-refractivity contribution is -0.116. The summed E-state index contributed by atoms with van der Waals surface area (Å²) in [7, 11) is -3.60. The number of sulfonamides is 1. The second-order valence-corrected chi connectivity index (χ2v) is 7.79. The standard InChI is InChI=1S/C18H22N2O3S/c1-13-8-10-17(11-9-13)20(24(4,22)23)15(3)18(21)19-16-7-5-6-14(2)12-16/h5-12,15H,1-4H3,(H,19,21)/t15-/m1/s1. The zero-order valence-corrected chi connectivity index (χ0v) is 15.1. The van der Waals surface area contributed by atoms with Crippen LogP contribution in [0.1, 0.15) is 18.1 Å². The van der Waals surface area contributed by atoms with Gasteiger partial charge in [-0.05, 0) is 50.6 Å². The summed E-state index contributed by atoms with van der Waals surface area (Å²) in [6.45, 7) is 5.42. The van der Waals surface area contributed by atoms with Crippen molar-refractivity contribution in [1.29, 1.82) is 0 Å². The number of hydrogen-bond donors (Lipinski definition) is 1. The van der Waals surface area contributed by atoms with Gasteiger partial charge in [0.25, 0.3) is 0 Å². The quantitative estimate of drug-likeness (QED) is 0.905. The first-order chi connectivity index (χ1) is 11.2. The van der Waals surface area contributed by atoms with Gasteiger partial charge in [0.1, 0.15) is 6.04 Å². The molecule has 0 fully saturated rings. The van der Waals surface area contributed by atoms with Crippen LogP contribution in [0.5, 0.6) is 0 Å². The molecule has 6 heteroatoms. The number of anilines is 2. The van der Waals surface area contributed by atoms with Crippen LogP contribution in [-0.2, 0) is 14.8 Å². The first kappa shape index (κ1) is 18.0. The smallest absolute Gasteiger partial charge is 0.247 e. The molecular formula is C18H22N2O3S. The molecule has 0 heterocycles. The molecular weight excluding hydrogens is 324 g/mol. The van der Waals surface area contributed by atoms with Crippen molar-refractivity contribution in [1.82, 2.24) is 0 Å². The Balaban J connectivity index is 2.29. The van der Waals surface area contributed by atoms with E-state index in [9.17, 15) is 13.2 Å². The fourth-order valence-electron chi connectivity index (χ4n) is 2.47. The second kappa shape index (κ2) is 7.05. The SMILES string of the molecule is Cc1ccc(N([C@H](C)C(=O)Nc2cccc(C)c2)S(C)(=O)=O)cc1. The lowest BCUT2D eigenvalue weighted by Gasteiger charge is -2.28. The molecule has 2 aromatic carbocycles. The number of carbonyl (C=O) groups excluding carboxylic acids is 1. The van der Waals surface area contributed by atoms with Crippen LogP contribution < -0.4 is 9.62 Å². The maximum Gasteiger partial charge on any atom is 0.247 e. The molecule has 1 N–H and O–H groups in total. The summed E-state index contributed by atoms with van der Waals surface area (Å²) in [5.74, 6) is -0.383. The molecule has 0 aromatic heterocycles. The Morgan fingerprint density at radius 2 is 1.67 bits per heavy atom. The van der Waals surface area contributed by atoms with Crippen molar-refractivity contribution >= 4 is 27.3 Å². The Labute approximate surface area is 143 Å². The third-order valence-corrected chi connectivity index (χ3v) is 4.90. The number of carbonyl (C=O) groups is 1. The summed E-state index contributed by atoms with van der Waals surface area (Å²) in [5, 5.41) is 2.77. The van der Waals surface area contributed by atoms with Crippen molar-refractivity contribution in [2.75, 3.05) is 15.9 Å². The molecule has 0 spiro atoms. The van der Waals surface area contributed by atoms with E-state index in [1.54, 1.807) is 25.1 Å². The molecule has 0 unspecified atom stereocenters. The van der Waals surface area contributed by atoms with E-state index in [-0.39, 0.29) is 5.91 Å². The number of amides is 1. The van der Waals surface area contributed by atoms with E-state index < -0.39 is 16.1 Å². The normalized spacial score (nSPS) is 12.5. The highest BCUT2D eigenvalue weighted by molar-refractivity contribution is 7.92. The first-order valence-electron chi connectivity index (χ1n) is 7.62. The molecule has 1 amide bonds. The minimum Gasteiger partial charge on any atom is -0.324 e. The highest BCUT2D eigenvalue weighted by Gasteiger charge is 2.29. The fraction of sp³-hybridized carbons (Fsp3) is 0.278. The maximum absolute atomic E-state index is 12.5. The highest BCUT2D eigenvalue weighted by atomic mass is 32.2. The minimum atomic E-state index is -3.60. The van der Waals surface area contributed by atoms with Crippen LogP contribution >= 0.6 is 0 Å². The van der Waals surface area contributed by atoms with Crippen LogP contribution in [0.15, 0.2) is 48.5 Å². The van der Waals surface area contributed by atoms with Gasteiger partial charge in [-0.15, -0.1) is 0 Å². The lowest BCUT2D eigenvalue weighted by Crippen LogP contribution is -2.45. The number of aryl methyl sites for hydroxylation is 2. The summed E-state index contributed by atoms with van der Waals surface area (Å²) in [6.07, 6.45) is 1.10. The van der Waals surface area contributed by atoms with Crippen LogP contribution in [0.4, 0.5) is 11.4 Å². The molecule has 5 nitrogen and oxygen atoms in total. The molecule has 2 aromatic rings. The summed E-state index contributed by atoms with van der Waals surface area (Å²) >= 11 is 0. The van der Waals surface area contributed by atoms with E-state index in [1.165, 1.54) is 0 Å². The average molecular weight is 346 g/mol. The minimum absolute atomic E-state index is 0.383. The van der Waals surface area contributed by atoms with E-state index >= 15 is 0 Å². The molecule has 1 atom stereocenters. The van der Waals surface area contributed by atoms with Crippen LogP contribution in [0.3, 0.4) is 0 Å². The van der Waals surface area contributed by atoms with Gasteiger partial charge in [-0.1, -0.05) is 29.8 Å². The number of nitrogens with zero attached hydrogens (tertiary/aromatic N) is 1. The van der Waals surface area contributed by atoms with Crippen LogP contribution in [0.25, 0.3) is 0 Å². The van der Waals surface area contributed by atoms with E-state index in [1.807, 2.05) is 44.2 Å². The zero-order valence-electron chi connectivity index (χ0n) is 14.3. The number of hydrogen-bond acceptors (Lipinski definition) is 3. The Kier molecular flexibility index (Phi) is 5.29. The molecule has 0 aliphatic heterocycles. The lowest BCUT2D eigenvalue weighted by atomic mass is 10.2. The van der Waals surface area contributed by atoms with Gasteiger partial charge in [0.2, 0.25) is 15.9 Å². The topological polar surface area (TPSA) is 66.5 Å². The highest BCUT2D eigenvalue weighted by Crippen LogP contribution is 2.22. The fourth-order valence-corrected chi connectivity index (χ4v) is 3.64. The largest absolute Gasteiger partial charge is 0.324 e. The van der Waals surface area contributed by atoms with Gasteiger partial charge >= 0.3 is 0 Å². The zero-order chi connectivity index (χ0) is 17.9. The van der Waals surface area contributed by atoms with Gasteiger partial charge in [-0.25, -0.2) is 8.42 Å². The van der Waals surface area contributed by atoms with E-state index in [0.717, 1.165) is 21.7 Å². The Morgan fingerprint density at radius 1 is 1.04 bits per heavy atom. The monoisotopic (exact) mass is 346 g/mol. The van der Waals surface area contributed by atoms with Crippen molar-refractivity contribution in [2.45, 2.75) is 26.8 Å². The molecule has 0 saturated carbocycles. The molecule has 0 bridgehead atoms. The third-order valence-electron chi connectivity index (χ3n) is 3.66. The molecule has 128 valence electrons. The van der Waals surface area contributed by atoms with Crippen molar-refractivity contribution < 1.29 is 13.2 Å². The third kappa shape index (κ3) is 4.35. The molecule has 0 aliphatic rings.